The minimum atomic E-state index is -4.48. The van der Waals surface area contributed by atoms with Gasteiger partial charge in [-0.3, -0.25) is 19.0 Å². The summed E-state index contributed by atoms with van der Waals surface area (Å²) in [5.74, 6) is -0.373. The number of fused-ring (bicyclic) bond motifs is 2. The Bertz CT molecular complexity index is 1430. The highest BCUT2D eigenvalue weighted by Gasteiger charge is 2.33. The molecule has 0 radical (unpaired) electrons. The molecule has 1 unspecified atom stereocenters. The Balaban J connectivity index is 0.000000714. The van der Waals surface area contributed by atoms with Gasteiger partial charge in [0.1, 0.15) is 5.75 Å². The molecule has 222 valence electrons. The zero-order chi connectivity index (χ0) is 29.8. The maximum atomic E-state index is 13.1. The zero-order valence-corrected chi connectivity index (χ0v) is 23.0. The van der Waals surface area contributed by atoms with Crippen LogP contribution in [0.5, 0.6) is 5.75 Å². The lowest BCUT2D eigenvalue weighted by Gasteiger charge is -2.36. The number of hydrogen-bond donors (Lipinski definition) is 3. The van der Waals surface area contributed by atoms with Crippen molar-refractivity contribution in [1.29, 1.82) is 0 Å². The molecule has 0 bridgehead atoms. The molecule has 14 heteroatoms. The molecule has 3 heterocycles. The number of amides is 2. The molecule has 1 atom stereocenters. The second kappa shape index (κ2) is 12.6. The van der Waals surface area contributed by atoms with Crippen LogP contribution in [0, 0.1) is 0 Å². The maximum absolute atomic E-state index is 13.1. The largest absolute Gasteiger partial charge is 0.493 e. The van der Waals surface area contributed by atoms with Gasteiger partial charge >= 0.3 is 6.18 Å². The molecule has 0 saturated carbocycles. The molecule has 3 aliphatic heterocycles. The third-order valence-corrected chi connectivity index (χ3v) is 6.65. The first-order valence-electron chi connectivity index (χ1n) is 12.8. The van der Waals surface area contributed by atoms with E-state index >= 15 is 0 Å². The lowest BCUT2D eigenvalue weighted by Crippen LogP contribution is -2.52. The van der Waals surface area contributed by atoms with Crippen LogP contribution < -0.4 is 15.4 Å². The van der Waals surface area contributed by atoms with E-state index in [1.54, 1.807) is 12.1 Å². The number of ether oxygens (including phenoxy) is 2. The first-order valence-corrected chi connectivity index (χ1v) is 14.7. The molecule has 1 fully saturated rings. The van der Waals surface area contributed by atoms with Crippen molar-refractivity contribution in [1.82, 2.24) is 4.90 Å². The second-order valence-corrected chi connectivity index (χ2v) is 11.2. The van der Waals surface area contributed by atoms with Crippen molar-refractivity contribution in [3.8, 4) is 5.75 Å². The van der Waals surface area contributed by atoms with E-state index in [1.165, 1.54) is 12.1 Å². The van der Waals surface area contributed by atoms with Gasteiger partial charge in [0.2, 0.25) is 11.8 Å². The summed E-state index contributed by atoms with van der Waals surface area (Å²) in [7, 11) is -3.67. The van der Waals surface area contributed by atoms with Crippen LogP contribution in [0.15, 0.2) is 42.5 Å². The van der Waals surface area contributed by atoms with Crippen molar-refractivity contribution in [2.24, 2.45) is 0 Å². The van der Waals surface area contributed by atoms with E-state index in [0.29, 0.717) is 74.3 Å². The summed E-state index contributed by atoms with van der Waals surface area (Å²) >= 11 is 0. The van der Waals surface area contributed by atoms with Crippen LogP contribution in [0.4, 0.5) is 24.5 Å². The number of carbonyl (C=O) groups is 2. The minimum Gasteiger partial charge on any atom is -0.493 e. The number of halogens is 3. The van der Waals surface area contributed by atoms with Crippen molar-refractivity contribution in [2.75, 3.05) is 49.8 Å². The zero-order valence-electron chi connectivity index (χ0n) is 22.2. The van der Waals surface area contributed by atoms with Gasteiger partial charge in [-0.15, -0.1) is 0 Å². The van der Waals surface area contributed by atoms with Crippen molar-refractivity contribution in [3.05, 3.63) is 59.2 Å². The fraction of sp³-hybridized carbons (Fsp3) is 0.407. The highest BCUT2D eigenvalue weighted by Crippen LogP contribution is 2.38. The number of morpholine rings is 1. The van der Waals surface area contributed by atoms with Gasteiger partial charge < -0.3 is 20.1 Å². The van der Waals surface area contributed by atoms with Gasteiger partial charge in [-0.05, 0) is 54.7 Å². The number of anilines is 2. The SMILES string of the molecule is CS(=O)(=O)O.O=C(/C=C1\CCCOc2cc(C(F)(F)F)ccc21)Nc1ccc2c(c1)NC(=O)C(N1CCOCC1)C2. The molecule has 0 aliphatic carbocycles. The summed E-state index contributed by atoms with van der Waals surface area (Å²) in [6, 6.07) is 8.46. The summed E-state index contributed by atoms with van der Waals surface area (Å²) in [5.41, 5.74) is 2.44. The highest BCUT2D eigenvalue weighted by molar-refractivity contribution is 7.85. The lowest BCUT2D eigenvalue weighted by molar-refractivity contribution is -0.137. The Hall–Kier alpha value is -3.46. The Morgan fingerprint density at radius 2 is 1.85 bits per heavy atom. The molecule has 1 saturated heterocycles. The first-order chi connectivity index (χ1) is 19.3. The van der Waals surface area contributed by atoms with E-state index in [9.17, 15) is 31.2 Å². The third-order valence-electron chi connectivity index (χ3n) is 6.65. The summed E-state index contributed by atoms with van der Waals surface area (Å²) in [6.07, 6.45) is -0.717. The molecule has 3 N–H and O–H groups in total. The Kier molecular flexibility index (Phi) is 9.37. The van der Waals surface area contributed by atoms with Crippen LogP contribution in [-0.2, 0) is 37.0 Å². The molecule has 5 rings (SSSR count). The number of benzene rings is 2. The molecule has 41 heavy (non-hydrogen) atoms. The van der Waals surface area contributed by atoms with Crippen LogP contribution in [0.3, 0.4) is 0 Å². The number of carbonyl (C=O) groups excluding carboxylic acids is 2. The smallest absolute Gasteiger partial charge is 0.416 e. The average Bonchev–Trinajstić information content (AvgIpc) is 3.09. The minimum absolute atomic E-state index is 0.0803. The standard InChI is InChI=1S/C26H26F3N3O4.CH4O3S/c27-26(28,29)18-4-6-20-16(2-1-9-36-23(20)14-18)13-24(33)30-19-5-3-17-12-22(25(34)31-21(17)15-19)32-7-10-35-11-8-32;1-5(2,3)4/h3-6,13-15,22H,1-2,7-12H2,(H,30,33)(H,31,34);1H3,(H,2,3,4)/b16-13+;. The number of rotatable bonds is 3. The molecule has 10 nitrogen and oxygen atoms in total. The molecule has 0 spiro atoms. The van der Waals surface area contributed by atoms with Gasteiger partial charge in [0.25, 0.3) is 10.1 Å². The lowest BCUT2D eigenvalue weighted by atomic mass is 9.97. The van der Waals surface area contributed by atoms with E-state index in [0.717, 1.165) is 17.7 Å². The third kappa shape index (κ3) is 8.52. The van der Waals surface area contributed by atoms with E-state index in [4.69, 9.17) is 14.0 Å². The second-order valence-electron chi connectivity index (χ2n) is 9.78. The fourth-order valence-corrected chi connectivity index (χ4v) is 4.80. The Morgan fingerprint density at radius 3 is 2.54 bits per heavy atom. The molecular weight excluding hydrogens is 567 g/mol. The van der Waals surface area contributed by atoms with Gasteiger partial charge in [0.05, 0.1) is 37.7 Å². The van der Waals surface area contributed by atoms with Crippen LogP contribution in [0.1, 0.15) is 29.5 Å². The molecule has 0 aromatic heterocycles. The number of alkyl halides is 3. The normalized spacial score (nSPS) is 20.4. The van der Waals surface area contributed by atoms with E-state index in [-0.39, 0.29) is 24.3 Å². The number of nitrogens with one attached hydrogen (secondary N) is 2. The molecule has 2 aromatic carbocycles. The van der Waals surface area contributed by atoms with Crippen molar-refractivity contribution < 1.29 is 45.2 Å². The highest BCUT2D eigenvalue weighted by atomic mass is 32.2. The van der Waals surface area contributed by atoms with E-state index in [2.05, 4.69) is 15.5 Å². The molecular formula is C27H30F3N3O7S. The molecule has 3 aliphatic rings. The summed E-state index contributed by atoms with van der Waals surface area (Å²) in [4.78, 5) is 27.6. The number of allylic oxidation sites excluding steroid dienone is 1. The van der Waals surface area contributed by atoms with Gasteiger partial charge in [-0.2, -0.15) is 21.6 Å². The molecule has 2 aromatic rings. The van der Waals surface area contributed by atoms with Crippen LogP contribution in [0.25, 0.3) is 5.57 Å². The van der Waals surface area contributed by atoms with Crippen LogP contribution in [-0.4, -0.2) is 74.9 Å². The quantitative estimate of drug-likeness (QED) is 0.361. The topological polar surface area (TPSA) is 134 Å². The van der Waals surface area contributed by atoms with Gasteiger partial charge in [-0.1, -0.05) is 12.1 Å². The van der Waals surface area contributed by atoms with Crippen LogP contribution >= 0.6 is 0 Å². The monoisotopic (exact) mass is 597 g/mol. The maximum Gasteiger partial charge on any atom is 0.416 e. The average molecular weight is 598 g/mol. The van der Waals surface area contributed by atoms with E-state index in [1.807, 2.05) is 6.07 Å². The van der Waals surface area contributed by atoms with Crippen molar-refractivity contribution in [3.63, 3.8) is 0 Å². The first kappa shape index (κ1) is 30.5. The Morgan fingerprint density at radius 1 is 1.15 bits per heavy atom. The number of nitrogens with zero attached hydrogens (tertiary/aromatic N) is 1. The molecule has 2 amide bonds. The van der Waals surface area contributed by atoms with Gasteiger partial charge in [0, 0.05) is 36.1 Å². The van der Waals surface area contributed by atoms with Gasteiger partial charge in [-0.25, -0.2) is 0 Å². The summed E-state index contributed by atoms with van der Waals surface area (Å²) < 4.78 is 76.1. The van der Waals surface area contributed by atoms with E-state index < -0.39 is 27.8 Å². The number of hydrogen-bond acceptors (Lipinski definition) is 7. The van der Waals surface area contributed by atoms with Crippen LogP contribution in [0.2, 0.25) is 0 Å². The summed E-state index contributed by atoms with van der Waals surface area (Å²) in [6.45, 7) is 2.90. The predicted octanol–water partition coefficient (Wildman–Crippen LogP) is 3.60. The summed E-state index contributed by atoms with van der Waals surface area (Å²) in [5, 5.41) is 5.75. The van der Waals surface area contributed by atoms with Crippen molar-refractivity contribution in [2.45, 2.75) is 31.5 Å². The Labute approximate surface area is 235 Å². The fourth-order valence-electron chi connectivity index (χ4n) is 4.80. The van der Waals surface area contributed by atoms with Gasteiger partial charge in [0.15, 0.2) is 0 Å². The van der Waals surface area contributed by atoms with Crippen molar-refractivity contribution >= 4 is 38.9 Å². The predicted molar refractivity (Wildman–Crippen MR) is 145 cm³/mol.